The lowest BCUT2D eigenvalue weighted by Gasteiger charge is -2.16. The molecular formula is C12H20ClN3O2. The summed E-state index contributed by atoms with van der Waals surface area (Å²) < 4.78 is 0. The highest BCUT2D eigenvalue weighted by Crippen LogP contribution is 2.01. The molecule has 0 saturated heterocycles. The molecule has 5 nitrogen and oxygen atoms in total. The van der Waals surface area contributed by atoms with Crippen LogP contribution in [0, 0.1) is 0 Å². The zero-order valence-corrected chi connectivity index (χ0v) is 11.3. The molecule has 1 aromatic rings. The number of aromatic amines is 1. The first-order chi connectivity index (χ1) is 8.17. The fraction of sp³-hybridized carbons (Fsp3) is 0.500. The Kier molecular flexibility index (Phi) is 8.07. The number of pyridine rings is 1. The molecule has 0 bridgehead atoms. The first-order valence-corrected chi connectivity index (χ1v) is 5.87. The third-order valence-electron chi connectivity index (χ3n) is 2.56. The normalized spacial score (nSPS) is 11.4. The fourth-order valence-electron chi connectivity index (χ4n) is 1.55. The average molecular weight is 274 g/mol. The quantitative estimate of drug-likeness (QED) is 0.724. The Balaban J connectivity index is 0.00000289. The third kappa shape index (κ3) is 5.33. The van der Waals surface area contributed by atoms with Gasteiger partial charge in [-0.2, -0.15) is 0 Å². The average Bonchev–Trinajstić information content (AvgIpc) is 2.34. The number of halogens is 1. The number of nitrogens with one attached hydrogen (secondary N) is 2. The Hall–Kier alpha value is -1.33. The smallest absolute Gasteiger partial charge is 0.251 e. The van der Waals surface area contributed by atoms with Crippen LogP contribution in [-0.4, -0.2) is 23.5 Å². The van der Waals surface area contributed by atoms with E-state index in [1.807, 2.05) is 0 Å². The number of nitrogens with two attached hydrogens (primary N) is 1. The molecule has 102 valence electrons. The van der Waals surface area contributed by atoms with E-state index in [0.29, 0.717) is 12.1 Å². The lowest BCUT2D eigenvalue weighted by Crippen LogP contribution is -2.40. The number of amides is 1. The van der Waals surface area contributed by atoms with Crippen molar-refractivity contribution in [2.45, 2.75) is 32.2 Å². The van der Waals surface area contributed by atoms with Crippen LogP contribution in [0.3, 0.4) is 0 Å². The summed E-state index contributed by atoms with van der Waals surface area (Å²) in [6, 6.07) is 2.83. The molecule has 6 heteroatoms. The molecule has 0 aliphatic heterocycles. The summed E-state index contributed by atoms with van der Waals surface area (Å²) in [6.45, 7) is 2.50. The summed E-state index contributed by atoms with van der Waals surface area (Å²) in [4.78, 5) is 25.3. The van der Waals surface area contributed by atoms with Gasteiger partial charge in [-0.3, -0.25) is 9.59 Å². The predicted molar refractivity (Wildman–Crippen MR) is 74.1 cm³/mol. The fourth-order valence-corrected chi connectivity index (χ4v) is 1.55. The molecule has 1 amide bonds. The van der Waals surface area contributed by atoms with Gasteiger partial charge in [0, 0.05) is 30.4 Å². The Bertz CT molecular complexity index is 420. The minimum Gasteiger partial charge on any atom is -0.348 e. The molecule has 1 atom stereocenters. The van der Waals surface area contributed by atoms with Crippen LogP contribution in [-0.2, 0) is 0 Å². The highest BCUT2D eigenvalue weighted by atomic mass is 35.5. The van der Waals surface area contributed by atoms with E-state index < -0.39 is 0 Å². The van der Waals surface area contributed by atoms with Gasteiger partial charge in [0.1, 0.15) is 0 Å². The molecule has 0 spiro atoms. The van der Waals surface area contributed by atoms with Crippen molar-refractivity contribution < 1.29 is 4.79 Å². The van der Waals surface area contributed by atoms with Crippen LogP contribution in [0.1, 0.15) is 36.5 Å². The van der Waals surface area contributed by atoms with Gasteiger partial charge in [-0.25, -0.2) is 0 Å². The Morgan fingerprint density at radius 3 is 2.83 bits per heavy atom. The van der Waals surface area contributed by atoms with Crippen molar-refractivity contribution in [3.05, 3.63) is 34.2 Å². The number of H-pyrrole nitrogens is 1. The zero-order valence-electron chi connectivity index (χ0n) is 10.4. The molecule has 1 aromatic heterocycles. The minimum absolute atomic E-state index is 0. The van der Waals surface area contributed by atoms with E-state index >= 15 is 0 Å². The topological polar surface area (TPSA) is 88.0 Å². The van der Waals surface area contributed by atoms with Crippen LogP contribution in [0.25, 0.3) is 0 Å². The van der Waals surface area contributed by atoms with Crippen molar-refractivity contribution in [2.75, 3.05) is 6.54 Å². The van der Waals surface area contributed by atoms with Crippen molar-refractivity contribution in [3.63, 3.8) is 0 Å². The molecular weight excluding hydrogens is 254 g/mol. The van der Waals surface area contributed by atoms with Crippen molar-refractivity contribution >= 4 is 18.3 Å². The van der Waals surface area contributed by atoms with Gasteiger partial charge in [0.2, 0.25) is 5.56 Å². The number of unbranched alkanes of at least 4 members (excludes halogenated alkanes) is 1. The molecule has 1 heterocycles. The van der Waals surface area contributed by atoms with Gasteiger partial charge in [-0.15, -0.1) is 12.4 Å². The standard InChI is InChI=1S/C12H19N3O2.ClH/c1-2-3-4-10(8-13)15-12(17)9-5-6-14-11(16)7-9;/h5-7,10H,2-4,8,13H2,1H3,(H,14,16)(H,15,17);1H. The monoisotopic (exact) mass is 273 g/mol. The van der Waals surface area contributed by atoms with Crippen molar-refractivity contribution in [1.29, 1.82) is 0 Å². The maximum Gasteiger partial charge on any atom is 0.251 e. The van der Waals surface area contributed by atoms with Crippen LogP contribution in [0.2, 0.25) is 0 Å². The molecule has 0 saturated carbocycles. The first kappa shape index (κ1) is 16.7. The molecule has 1 unspecified atom stereocenters. The van der Waals surface area contributed by atoms with Gasteiger partial charge in [0.05, 0.1) is 0 Å². The van der Waals surface area contributed by atoms with E-state index in [1.165, 1.54) is 12.3 Å². The van der Waals surface area contributed by atoms with Gasteiger partial charge in [0.25, 0.3) is 5.91 Å². The van der Waals surface area contributed by atoms with Crippen molar-refractivity contribution in [2.24, 2.45) is 5.73 Å². The SMILES string of the molecule is CCCCC(CN)NC(=O)c1cc[nH]c(=O)c1.Cl. The second kappa shape index (κ2) is 8.72. The van der Waals surface area contributed by atoms with E-state index in [9.17, 15) is 9.59 Å². The van der Waals surface area contributed by atoms with Gasteiger partial charge >= 0.3 is 0 Å². The molecule has 1 rings (SSSR count). The molecule has 18 heavy (non-hydrogen) atoms. The number of carbonyl (C=O) groups is 1. The molecule has 4 N–H and O–H groups in total. The zero-order chi connectivity index (χ0) is 12.7. The highest BCUT2D eigenvalue weighted by Gasteiger charge is 2.11. The molecule has 0 aliphatic carbocycles. The maximum atomic E-state index is 11.8. The lowest BCUT2D eigenvalue weighted by atomic mass is 10.1. The second-order valence-corrected chi connectivity index (χ2v) is 3.99. The number of carbonyl (C=O) groups excluding carboxylic acids is 1. The second-order valence-electron chi connectivity index (χ2n) is 3.99. The summed E-state index contributed by atoms with van der Waals surface area (Å²) >= 11 is 0. The third-order valence-corrected chi connectivity index (χ3v) is 2.56. The number of hydrogen-bond acceptors (Lipinski definition) is 3. The van der Waals surface area contributed by atoms with Crippen molar-refractivity contribution in [3.8, 4) is 0 Å². The Morgan fingerprint density at radius 2 is 2.28 bits per heavy atom. The van der Waals surface area contributed by atoms with Gasteiger partial charge in [0.15, 0.2) is 0 Å². The van der Waals surface area contributed by atoms with E-state index in [-0.39, 0.29) is 29.9 Å². The number of aromatic nitrogens is 1. The van der Waals surface area contributed by atoms with Crippen LogP contribution in [0.4, 0.5) is 0 Å². The predicted octanol–water partition coefficient (Wildman–Crippen LogP) is 1.04. The molecule has 0 radical (unpaired) electrons. The van der Waals surface area contributed by atoms with Gasteiger partial charge in [-0.05, 0) is 12.5 Å². The first-order valence-electron chi connectivity index (χ1n) is 5.87. The van der Waals surface area contributed by atoms with Gasteiger partial charge < -0.3 is 16.0 Å². The van der Waals surface area contributed by atoms with Crippen LogP contribution >= 0.6 is 12.4 Å². The van der Waals surface area contributed by atoms with Gasteiger partial charge in [-0.1, -0.05) is 19.8 Å². The Morgan fingerprint density at radius 1 is 1.56 bits per heavy atom. The highest BCUT2D eigenvalue weighted by molar-refractivity contribution is 5.94. The van der Waals surface area contributed by atoms with E-state index in [2.05, 4.69) is 17.2 Å². The van der Waals surface area contributed by atoms with Crippen molar-refractivity contribution in [1.82, 2.24) is 10.3 Å². The van der Waals surface area contributed by atoms with Crippen LogP contribution in [0.15, 0.2) is 23.1 Å². The molecule has 0 aliphatic rings. The largest absolute Gasteiger partial charge is 0.348 e. The van der Waals surface area contributed by atoms with E-state index in [1.54, 1.807) is 6.07 Å². The van der Waals surface area contributed by atoms with Crippen LogP contribution < -0.4 is 16.6 Å². The summed E-state index contributed by atoms with van der Waals surface area (Å²) in [6.07, 6.45) is 4.41. The summed E-state index contributed by atoms with van der Waals surface area (Å²) in [5.41, 5.74) is 5.67. The van der Waals surface area contributed by atoms with E-state index in [4.69, 9.17) is 5.73 Å². The summed E-state index contributed by atoms with van der Waals surface area (Å²) in [5.74, 6) is -0.248. The number of hydrogen-bond donors (Lipinski definition) is 3. The summed E-state index contributed by atoms with van der Waals surface area (Å²) in [5, 5.41) is 2.83. The number of rotatable bonds is 6. The molecule has 0 aromatic carbocycles. The van der Waals surface area contributed by atoms with Crippen LogP contribution in [0.5, 0.6) is 0 Å². The van der Waals surface area contributed by atoms with E-state index in [0.717, 1.165) is 19.3 Å². The molecule has 0 fully saturated rings. The lowest BCUT2D eigenvalue weighted by molar-refractivity contribution is 0.0935. The Labute approximate surface area is 113 Å². The minimum atomic E-state index is -0.282. The maximum absolute atomic E-state index is 11.8. The summed E-state index contributed by atoms with van der Waals surface area (Å²) in [7, 11) is 0.